The molecular weight excluding hydrogens is 320 g/mol. The largest absolute Gasteiger partial charge is 0.497 e. The van der Waals surface area contributed by atoms with Gasteiger partial charge in [0.2, 0.25) is 11.7 Å². The fraction of sp³-hybridized carbons (Fsp3) is 0.444. The summed E-state index contributed by atoms with van der Waals surface area (Å²) in [6.45, 7) is 3.22. The molecular formula is C18H16N4O3. The van der Waals surface area contributed by atoms with Gasteiger partial charge >= 0.3 is 0 Å². The normalized spacial score (nSPS) is 35.0. The fourth-order valence-corrected chi connectivity index (χ4v) is 3.75. The maximum atomic E-state index is 9.99. The van der Waals surface area contributed by atoms with E-state index in [0.717, 1.165) is 0 Å². The van der Waals surface area contributed by atoms with Gasteiger partial charge in [0.25, 0.3) is 0 Å². The summed E-state index contributed by atoms with van der Waals surface area (Å²) in [5.74, 6) is -1.87. The lowest BCUT2D eigenvalue weighted by Crippen LogP contribution is -2.71. The molecule has 0 radical (unpaired) electrons. The van der Waals surface area contributed by atoms with Gasteiger partial charge in [-0.15, -0.1) is 0 Å². The molecule has 0 amide bonds. The standard InChI is InChI=1S/C18H16N4O3/c1-11-16(2)24-14(12-4-6-13(23-3)7-5-12)18(10-21,15(22)25-16)17(11,8-19)9-20/h4-7,11,14,22H,1-3H3/t11-,14+,16+,18+/m1/s1. The number of fused-ring (bicyclic) bond motifs is 3. The molecule has 3 aliphatic heterocycles. The molecule has 3 saturated heterocycles. The van der Waals surface area contributed by atoms with E-state index in [1.807, 2.05) is 18.2 Å². The Morgan fingerprint density at radius 1 is 1.12 bits per heavy atom. The van der Waals surface area contributed by atoms with E-state index >= 15 is 0 Å². The van der Waals surface area contributed by atoms with Gasteiger partial charge in [-0.25, -0.2) is 0 Å². The van der Waals surface area contributed by atoms with Crippen LogP contribution in [-0.2, 0) is 9.47 Å². The molecule has 7 heteroatoms. The number of hydrogen-bond donors (Lipinski definition) is 1. The minimum atomic E-state index is -1.86. The third kappa shape index (κ3) is 1.78. The first-order chi connectivity index (χ1) is 11.8. The molecule has 2 bridgehead atoms. The molecule has 7 nitrogen and oxygen atoms in total. The Balaban J connectivity index is 2.27. The highest BCUT2D eigenvalue weighted by Crippen LogP contribution is 2.66. The number of methoxy groups -OCH3 is 1. The molecule has 4 atom stereocenters. The number of hydrogen-bond acceptors (Lipinski definition) is 7. The van der Waals surface area contributed by atoms with Crippen molar-refractivity contribution in [1.82, 2.24) is 0 Å². The van der Waals surface area contributed by atoms with E-state index in [1.54, 1.807) is 38.1 Å². The highest BCUT2D eigenvalue weighted by Gasteiger charge is 2.77. The third-order valence-corrected chi connectivity index (χ3v) is 5.41. The molecule has 0 spiro atoms. The summed E-state index contributed by atoms with van der Waals surface area (Å²) in [5, 5.41) is 38.0. The summed E-state index contributed by atoms with van der Waals surface area (Å²) in [7, 11) is 1.54. The van der Waals surface area contributed by atoms with Crippen LogP contribution in [0.2, 0.25) is 0 Å². The van der Waals surface area contributed by atoms with E-state index in [0.29, 0.717) is 11.3 Å². The second kappa shape index (κ2) is 5.21. The van der Waals surface area contributed by atoms with Crippen LogP contribution in [0.5, 0.6) is 5.75 Å². The molecule has 25 heavy (non-hydrogen) atoms. The van der Waals surface area contributed by atoms with Crippen LogP contribution < -0.4 is 4.74 Å². The summed E-state index contributed by atoms with van der Waals surface area (Å²) < 4.78 is 16.7. The van der Waals surface area contributed by atoms with Crippen LogP contribution in [0.25, 0.3) is 0 Å². The van der Waals surface area contributed by atoms with Crippen molar-refractivity contribution in [2.24, 2.45) is 16.7 Å². The highest BCUT2D eigenvalue weighted by atomic mass is 16.7. The van der Waals surface area contributed by atoms with E-state index < -0.39 is 34.5 Å². The van der Waals surface area contributed by atoms with Crippen molar-refractivity contribution in [3.8, 4) is 24.0 Å². The van der Waals surface area contributed by atoms with Gasteiger partial charge in [0.1, 0.15) is 11.9 Å². The molecule has 1 aromatic rings. The topological polar surface area (TPSA) is 123 Å². The molecule has 0 unspecified atom stereocenters. The predicted octanol–water partition coefficient (Wildman–Crippen LogP) is 2.67. The van der Waals surface area contributed by atoms with Crippen LogP contribution in [0.15, 0.2) is 24.3 Å². The molecule has 3 aliphatic rings. The average molecular weight is 336 g/mol. The van der Waals surface area contributed by atoms with Crippen molar-refractivity contribution in [3.63, 3.8) is 0 Å². The molecule has 3 fully saturated rings. The Kier molecular flexibility index (Phi) is 3.49. The van der Waals surface area contributed by atoms with Crippen molar-refractivity contribution in [2.75, 3.05) is 7.11 Å². The van der Waals surface area contributed by atoms with Crippen LogP contribution in [0.4, 0.5) is 0 Å². The van der Waals surface area contributed by atoms with Crippen molar-refractivity contribution in [2.45, 2.75) is 25.7 Å². The number of nitrogens with zero attached hydrogens (tertiary/aromatic N) is 3. The zero-order chi connectivity index (χ0) is 18.5. The Bertz CT molecular complexity index is 846. The molecule has 1 N–H and O–H groups in total. The van der Waals surface area contributed by atoms with Crippen LogP contribution in [0.1, 0.15) is 25.5 Å². The van der Waals surface area contributed by atoms with E-state index in [-0.39, 0.29) is 0 Å². The van der Waals surface area contributed by atoms with Gasteiger partial charge in [-0.05, 0) is 17.7 Å². The summed E-state index contributed by atoms with van der Waals surface area (Å²) in [6, 6.07) is 12.8. The molecule has 3 heterocycles. The highest BCUT2D eigenvalue weighted by molar-refractivity contribution is 5.88. The number of benzene rings is 1. The van der Waals surface area contributed by atoms with Crippen LogP contribution in [0.3, 0.4) is 0 Å². The molecule has 4 rings (SSSR count). The minimum absolute atomic E-state index is 0.411. The van der Waals surface area contributed by atoms with Crippen molar-refractivity contribution in [3.05, 3.63) is 29.8 Å². The summed E-state index contributed by atoms with van der Waals surface area (Å²) in [6.07, 6.45) is -0.981. The SMILES string of the molecule is COc1ccc([C@@H]2O[C@@]3(C)OC(=N)[C@@]2(C#N)C(C#N)(C#N)[C@@H]3C)cc1. The van der Waals surface area contributed by atoms with Gasteiger partial charge in [0.15, 0.2) is 10.8 Å². The Hall–Kier alpha value is -3.08. The van der Waals surface area contributed by atoms with E-state index in [4.69, 9.17) is 19.6 Å². The Morgan fingerprint density at radius 3 is 2.20 bits per heavy atom. The van der Waals surface area contributed by atoms with Gasteiger partial charge in [-0.3, -0.25) is 5.41 Å². The van der Waals surface area contributed by atoms with E-state index in [9.17, 15) is 15.8 Å². The van der Waals surface area contributed by atoms with Crippen LogP contribution in [-0.4, -0.2) is 18.8 Å². The lowest BCUT2D eigenvalue weighted by atomic mass is 9.51. The zero-order valence-electron chi connectivity index (χ0n) is 14.0. The van der Waals surface area contributed by atoms with E-state index in [1.165, 1.54) is 7.11 Å². The van der Waals surface area contributed by atoms with Gasteiger partial charge in [0, 0.05) is 6.92 Å². The maximum absolute atomic E-state index is 9.99. The van der Waals surface area contributed by atoms with Crippen LogP contribution >= 0.6 is 0 Å². The van der Waals surface area contributed by atoms with Crippen LogP contribution in [0, 0.1) is 56.2 Å². The van der Waals surface area contributed by atoms with E-state index in [2.05, 4.69) is 0 Å². The second-order valence-corrected chi connectivity index (χ2v) is 6.39. The zero-order valence-corrected chi connectivity index (χ0v) is 14.0. The van der Waals surface area contributed by atoms with Crippen molar-refractivity contribution >= 4 is 5.90 Å². The number of nitriles is 3. The summed E-state index contributed by atoms with van der Waals surface area (Å²) in [4.78, 5) is 0. The first-order valence-electron chi connectivity index (χ1n) is 7.68. The lowest BCUT2D eigenvalue weighted by Gasteiger charge is -2.60. The number of nitrogens with one attached hydrogen (secondary N) is 1. The minimum Gasteiger partial charge on any atom is -0.497 e. The first kappa shape index (κ1) is 16.8. The summed E-state index contributed by atoms with van der Waals surface area (Å²) >= 11 is 0. The van der Waals surface area contributed by atoms with Gasteiger partial charge in [-0.2, -0.15) is 15.8 Å². The van der Waals surface area contributed by atoms with Crippen molar-refractivity contribution in [1.29, 1.82) is 21.2 Å². The molecule has 0 aromatic heterocycles. The monoisotopic (exact) mass is 336 g/mol. The average Bonchev–Trinajstić information content (AvgIpc) is 2.63. The predicted molar refractivity (Wildman–Crippen MR) is 84.9 cm³/mol. The molecule has 126 valence electrons. The van der Waals surface area contributed by atoms with Gasteiger partial charge in [0.05, 0.1) is 31.2 Å². The van der Waals surface area contributed by atoms with Gasteiger partial charge < -0.3 is 14.2 Å². The number of rotatable bonds is 2. The summed E-state index contributed by atoms with van der Waals surface area (Å²) in [5.41, 5.74) is -3.06. The second-order valence-electron chi connectivity index (χ2n) is 6.39. The Morgan fingerprint density at radius 2 is 1.72 bits per heavy atom. The lowest BCUT2D eigenvalue weighted by molar-refractivity contribution is -0.338. The number of ether oxygens (including phenoxy) is 3. The maximum Gasteiger partial charge on any atom is 0.215 e. The van der Waals surface area contributed by atoms with Gasteiger partial charge in [-0.1, -0.05) is 19.1 Å². The first-order valence-corrected chi connectivity index (χ1v) is 7.68. The fourth-order valence-electron chi connectivity index (χ4n) is 3.75. The smallest absolute Gasteiger partial charge is 0.215 e. The quantitative estimate of drug-likeness (QED) is 0.885. The molecule has 1 aromatic carbocycles. The Labute approximate surface area is 145 Å². The third-order valence-electron chi connectivity index (χ3n) is 5.41. The van der Waals surface area contributed by atoms with Crippen molar-refractivity contribution < 1.29 is 14.2 Å². The molecule has 0 saturated carbocycles. The molecule has 0 aliphatic carbocycles.